The lowest BCUT2D eigenvalue weighted by molar-refractivity contribution is -0.129. The summed E-state index contributed by atoms with van der Waals surface area (Å²) in [5.74, 6) is 1.20. The van der Waals surface area contributed by atoms with Crippen LogP contribution in [0.5, 0.6) is 0 Å². The Morgan fingerprint density at radius 3 is 2.27 bits per heavy atom. The van der Waals surface area contributed by atoms with E-state index in [9.17, 15) is 13.2 Å². The number of benzene rings is 2. The van der Waals surface area contributed by atoms with Gasteiger partial charge in [-0.25, -0.2) is 12.7 Å². The number of hydrogen-bond donors (Lipinski definition) is 1. The Labute approximate surface area is 197 Å². The zero-order valence-electron chi connectivity index (χ0n) is 19.9. The molecule has 1 aliphatic heterocycles. The molecule has 178 valence electrons. The van der Waals surface area contributed by atoms with E-state index in [1.165, 1.54) is 11.4 Å². The van der Waals surface area contributed by atoms with Crippen molar-refractivity contribution >= 4 is 21.8 Å². The van der Waals surface area contributed by atoms with E-state index in [1.54, 1.807) is 24.1 Å². The Balaban J connectivity index is 1.48. The number of nitrogens with zero attached hydrogens (tertiary/aromatic N) is 3. The largest absolute Gasteiger partial charge is 0.368 e. The lowest BCUT2D eigenvalue weighted by Crippen LogP contribution is -2.34. The predicted octanol–water partition coefficient (Wildman–Crippen LogP) is 2.87. The molecule has 1 N–H and O–H groups in total. The van der Waals surface area contributed by atoms with E-state index in [1.807, 2.05) is 24.3 Å². The molecular formula is C25H34N4O3S. The zero-order chi connectivity index (χ0) is 24.0. The van der Waals surface area contributed by atoms with E-state index >= 15 is 0 Å². The fourth-order valence-electron chi connectivity index (χ4n) is 3.61. The first-order valence-electron chi connectivity index (χ1n) is 11.4. The maximum atomic E-state index is 12.8. The van der Waals surface area contributed by atoms with Crippen molar-refractivity contribution < 1.29 is 13.2 Å². The molecule has 0 saturated carbocycles. The molecule has 3 rings (SSSR count). The first kappa shape index (κ1) is 24.9. The molecule has 0 saturated heterocycles. The molecule has 1 aliphatic rings. The monoisotopic (exact) mass is 470 g/mol. The summed E-state index contributed by atoms with van der Waals surface area (Å²) in [6.07, 6.45) is 0.875. The molecule has 2 aromatic carbocycles. The quantitative estimate of drug-likeness (QED) is 0.579. The van der Waals surface area contributed by atoms with Crippen molar-refractivity contribution in [3.8, 4) is 0 Å². The number of nitrogens with one attached hydrogen (secondary N) is 1. The van der Waals surface area contributed by atoms with E-state index in [0.717, 1.165) is 42.0 Å². The van der Waals surface area contributed by atoms with E-state index in [4.69, 9.17) is 0 Å². The maximum Gasteiger partial charge on any atom is 0.242 e. The van der Waals surface area contributed by atoms with Gasteiger partial charge in [0.15, 0.2) is 0 Å². The van der Waals surface area contributed by atoms with Gasteiger partial charge in [-0.1, -0.05) is 50.2 Å². The highest BCUT2D eigenvalue weighted by Gasteiger charge is 2.22. The third-order valence-electron chi connectivity index (χ3n) is 5.96. The van der Waals surface area contributed by atoms with Crippen LogP contribution in [0.15, 0.2) is 58.4 Å². The van der Waals surface area contributed by atoms with Gasteiger partial charge in [0, 0.05) is 45.7 Å². The molecule has 0 atom stereocenters. The van der Waals surface area contributed by atoms with Crippen LogP contribution in [0.2, 0.25) is 0 Å². The highest BCUT2D eigenvalue weighted by Crippen LogP contribution is 2.19. The highest BCUT2D eigenvalue weighted by molar-refractivity contribution is 7.89. The predicted molar refractivity (Wildman–Crippen MR) is 132 cm³/mol. The first-order chi connectivity index (χ1) is 15.7. The fraction of sp³-hybridized carbons (Fsp3) is 0.440. The van der Waals surface area contributed by atoms with Gasteiger partial charge in [0.25, 0.3) is 0 Å². The molecule has 2 aromatic rings. The van der Waals surface area contributed by atoms with Crippen molar-refractivity contribution in [3.63, 3.8) is 0 Å². The Morgan fingerprint density at radius 2 is 1.70 bits per heavy atom. The summed E-state index contributed by atoms with van der Waals surface area (Å²) >= 11 is 0. The van der Waals surface area contributed by atoms with Crippen LogP contribution in [-0.4, -0.2) is 69.6 Å². The van der Waals surface area contributed by atoms with Crippen molar-refractivity contribution in [3.05, 3.63) is 65.2 Å². The first-order valence-corrected chi connectivity index (χ1v) is 12.8. The SMILES string of the molecule is CC(C)c1ccc(S(=O)(=O)N(C)CCC(=O)N(C)CCc2ccc(C3=NCCN3)cc2)cc1. The van der Waals surface area contributed by atoms with Crippen LogP contribution in [0.1, 0.15) is 42.9 Å². The molecule has 0 aromatic heterocycles. The summed E-state index contributed by atoms with van der Waals surface area (Å²) in [5.41, 5.74) is 3.30. The summed E-state index contributed by atoms with van der Waals surface area (Å²) in [6, 6.07) is 15.2. The summed E-state index contributed by atoms with van der Waals surface area (Å²) in [5, 5.41) is 3.26. The van der Waals surface area contributed by atoms with Gasteiger partial charge in [-0.3, -0.25) is 9.79 Å². The standard InChI is InChI=1S/C25H34N4O3S/c1-19(2)21-9-11-23(12-10-21)33(31,32)29(4)18-14-24(30)28(3)17-13-20-5-7-22(8-6-20)25-26-15-16-27-25/h5-12,19H,13-18H2,1-4H3,(H,26,27). The number of likely N-dealkylation sites (N-methyl/N-ethyl adjacent to an activating group) is 1. The summed E-state index contributed by atoms with van der Waals surface area (Å²) in [7, 11) is -0.347. The number of amides is 1. The number of carbonyl (C=O) groups is 1. The molecule has 8 heteroatoms. The minimum atomic E-state index is -3.62. The molecule has 1 heterocycles. The van der Waals surface area contributed by atoms with Gasteiger partial charge < -0.3 is 10.2 Å². The van der Waals surface area contributed by atoms with Gasteiger partial charge in [0.2, 0.25) is 15.9 Å². The van der Waals surface area contributed by atoms with Gasteiger partial charge >= 0.3 is 0 Å². The number of rotatable bonds is 10. The van der Waals surface area contributed by atoms with Crippen LogP contribution in [0.4, 0.5) is 0 Å². The van der Waals surface area contributed by atoms with Gasteiger partial charge in [0.05, 0.1) is 11.4 Å². The normalized spacial score (nSPS) is 13.8. The molecule has 33 heavy (non-hydrogen) atoms. The number of aliphatic imine (C=N–C) groups is 1. The fourth-order valence-corrected chi connectivity index (χ4v) is 4.78. The molecule has 0 aliphatic carbocycles. The van der Waals surface area contributed by atoms with Gasteiger partial charge in [-0.15, -0.1) is 0 Å². The second-order valence-electron chi connectivity index (χ2n) is 8.72. The van der Waals surface area contributed by atoms with Crippen LogP contribution in [0, 0.1) is 0 Å². The van der Waals surface area contributed by atoms with E-state index in [0.29, 0.717) is 12.5 Å². The van der Waals surface area contributed by atoms with Gasteiger partial charge in [-0.05, 0) is 35.6 Å². The van der Waals surface area contributed by atoms with Crippen molar-refractivity contribution in [1.82, 2.24) is 14.5 Å². The minimum absolute atomic E-state index is 0.0756. The smallest absolute Gasteiger partial charge is 0.242 e. The average molecular weight is 471 g/mol. The Kier molecular flexibility index (Phi) is 8.26. The van der Waals surface area contributed by atoms with Gasteiger partial charge in [0.1, 0.15) is 5.84 Å². The summed E-state index contributed by atoms with van der Waals surface area (Å²) < 4.78 is 26.9. The second kappa shape index (κ2) is 10.9. The molecule has 0 radical (unpaired) electrons. The third-order valence-corrected chi connectivity index (χ3v) is 7.83. The average Bonchev–Trinajstić information content (AvgIpc) is 3.36. The van der Waals surface area contributed by atoms with Crippen molar-refractivity contribution in [1.29, 1.82) is 0 Å². The number of hydrogen-bond acceptors (Lipinski definition) is 5. The summed E-state index contributed by atoms with van der Waals surface area (Å²) in [4.78, 5) is 18.9. The van der Waals surface area contributed by atoms with Crippen LogP contribution < -0.4 is 5.32 Å². The van der Waals surface area contributed by atoms with E-state index in [-0.39, 0.29) is 23.8 Å². The van der Waals surface area contributed by atoms with E-state index < -0.39 is 10.0 Å². The summed E-state index contributed by atoms with van der Waals surface area (Å²) in [6.45, 7) is 6.54. The van der Waals surface area contributed by atoms with Crippen LogP contribution in [0.25, 0.3) is 0 Å². The van der Waals surface area contributed by atoms with Crippen LogP contribution in [0.3, 0.4) is 0 Å². The number of sulfonamides is 1. The molecular weight excluding hydrogens is 436 g/mol. The molecule has 0 bridgehead atoms. The lowest BCUT2D eigenvalue weighted by Gasteiger charge is -2.21. The van der Waals surface area contributed by atoms with Crippen molar-refractivity contribution in [2.24, 2.45) is 4.99 Å². The maximum absolute atomic E-state index is 12.8. The van der Waals surface area contributed by atoms with Gasteiger partial charge in [-0.2, -0.15) is 0 Å². The Hall–Kier alpha value is -2.71. The van der Waals surface area contributed by atoms with Crippen molar-refractivity contribution in [2.75, 3.05) is 40.3 Å². The van der Waals surface area contributed by atoms with Crippen molar-refractivity contribution in [2.45, 2.75) is 37.5 Å². The second-order valence-corrected chi connectivity index (χ2v) is 10.8. The lowest BCUT2D eigenvalue weighted by atomic mass is 10.0. The topological polar surface area (TPSA) is 82.1 Å². The molecule has 1 amide bonds. The third kappa shape index (κ3) is 6.42. The number of amidine groups is 1. The molecule has 7 nitrogen and oxygen atoms in total. The Morgan fingerprint density at radius 1 is 1.03 bits per heavy atom. The zero-order valence-corrected chi connectivity index (χ0v) is 20.7. The number of carbonyl (C=O) groups excluding carboxylic acids is 1. The molecule has 0 fully saturated rings. The highest BCUT2D eigenvalue weighted by atomic mass is 32.2. The molecule has 0 spiro atoms. The molecule has 0 unspecified atom stereocenters. The van der Waals surface area contributed by atoms with Crippen LogP contribution in [-0.2, 0) is 21.2 Å². The van der Waals surface area contributed by atoms with Crippen LogP contribution >= 0.6 is 0 Å². The Bertz CT molecular complexity index is 1080. The minimum Gasteiger partial charge on any atom is -0.368 e. The van der Waals surface area contributed by atoms with E-state index in [2.05, 4.69) is 36.3 Å².